The molecule has 0 saturated carbocycles. The number of hydrogen-bond acceptors (Lipinski definition) is 8. The van der Waals surface area contributed by atoms with Crippen LogP contribution in [-0.2, 0) is 15.0 Å². The molecule has 1 aromatic heterocycles. The van der Waals surface area contributed by atoms with E-state index in [1.807, 2.05) is 18.2 Å². The molecule has 3 N–H and O–H groups in total. The molecule has 0 saturated heterocycles. The van der Waals surface area contributed by atoms with Gasteiger partial charge in [-0.1, -0.05) is 73.9 Å². The molecule has 10 nitrogen and oxygen atoms in total. The molecule has 4 aromatic rings. The summed E-state index contributed by atoms with van der Waals surface area (Å²) in [4.78, 5) is 24.8. The molecule has 1 heterocycles. The van der Waals surface area contributed by atoms with Crippen LogP contribution in [0.4, 0.5) is 11.4 Å². The van der Waals surface area contributed by atoms with Crippen molar-refractivity contribution in [3.05, 3.63) is 76.3 Å². The lowest BCUT2D eigenvalue weighted by atomic mass is 9.87. The number of halogens is 2. The second-order valence-electron chi connectivity index (χ2n) is 9.62. The number of tetrazole rings is 1. The molecular formula is C27H26Cl2N6O4S. The number of amides is 2. The number of benzene rings is 3. The van der Waals surface area contributed by atoms with E-state index in [1.165, 1.54) is 16.8 Å². The van der Waals surface area contributed by atoms with Crippen molar-refractivity contribution >= 4 is 58.2 Å². The molecule has 0 aliphatic heterocycles. The van der Waals surface area contributed by atoms with Crippen molar-refractivity contribution in [2.45, 2.75) is 31.3 Å². The number of carbonyl (C=O) groups is 2. The summed E-state index contributed by atoms with van der Waals surface area (Å²) in [6.45, 7) is 5.99. The van der Waals surface area contributed by atoms with Gasteiger partial charge in [0.05, 0.1) is 32.9 Å². The van der Waals surface area contributed by atoms with E-state index in [-0.39, 0.29) is 40.1 Å². The van der Waals surface area contributed by atoms with Gasteiger partial charge in [0.2, 0.25) is 11.1 Å². The molecule has 0 bridgehead atoms. The predicted octanol–water partition coefficient (Wildman–Crippen LogP) is 5.72. The minimum absolute atomic E-state index is 0.0130. The number of aromatic nitrogens is 4. The molecule has 2 amide bonds. The number of nitrogens with zero attached hydrogens (tertiary/aromatic N) is 4. The number of rotatable bonds is 9. The highest BCUT2D eigenvalue weighted by Gasteiger charge is 2.19. The van der Waals surface area contributed by atoms with Gasteiger partial charge in [0.1, 0.15) is 11.5 Å². The molecular weight excluding hydrogens is 575 g/mol. The zero-order valence-corrected chi connectivity index (χ0v) is 24.1. The molecule has 0 unspecified atom stereocenters. The number of carbonyl (C=O) groups excluding carboxylic acids is 2. The summed E-state index contributed by atoms with van der Waals surface area (Å²) in [6, 6.07) is 16.7. The van der Waals surface area contributed by atoms with E-state index >= 15 is 0 Å². The lowest BCUT2D eigenvalue weighted by Crippen LogP contribution is -2.20. The maximum absolute atomic E-state index is 12.6. The lowest BCUT2D eigenvalue weighted by Gasteiger charge is -2.20. The summed E-state index contributed by atoms with van der Waals surface area (Å²) in [5, 5.41) is 28.0. The van der Waals surface area contributed by atoms with Gasteiger partial charge in [0, 0.05) is 6.07 Å². The third kappa shape index (κ3) is 7.44. The maximum atomic E-state index is 12.6. The number of aromatic hydroxyl groups is 1. The van der Waals surface area contributed by atoms with Crippen LogP contribution in [0.2, 0.25) is 10.0 Å². The van der Waals surface area contributed by atoms with Crippen LogP contribution in [0.15, 0.2) is 65.8 Å². The van der Waals surface area contributed by atoms with Crippen molar-refractivity contribution in [1.29, 1.82) is 0 Å². The first-order valence-corrected chi connectivity index (χ1v) is 13.8. The second-order valence-corrected chi connectivity index (χ2v) is 11.4. The Balaban J connectivity index is 1.31. The Kier molecular flexibility index (Phi) is 9.18. The van der Waals surface area contributed by atoms with Crippen LogP contribution in [0.5, 0.6) is 11.5 Å². The van der Waals surface area contributed by atoms with Gasteiger partial charge in [0.15, 0.2) is 6.61 Å². The minimum atomic E-state index is -0.458. The maximum Gasteiger partial charge on any atom is 0.262 e. The SMILES string of the molecule is CC(C)(C)c1ccc(-n2nnnc2SCC(=O)Nc2ccc(OCC(=O)Nc3ccccc3O)cc2Cl)c(Cl)c1. The first kappa shape index (κ1) is 29.2. The van der Waals surface area contributed by atoms with Crippen LogP contribution in [0.25, 0.3) is 5.69 Å². The normalized spacial score (nSPS) is 11.2. The average Bonchev–Trinajstić information content (AvgIpc) is 3.37. The summed E-state index contributed by atoms with van der Waals surface area (Å²) < 4.78 is 6.96. The second kappa shape index (κ2) is 12.6. The topological polar surface area (TPSA) is 131 Å². The van der Waals surface area contributed by atoms with Gasteiger partial charge in [-0.15, -0.1) is 5.10 Å². The van der Waals surface area contributed by atoms with E-state index < -0.39 is 5.91 Å². The zero-order chi connectivity index (χ0) is 28.9. The fraction of sp³-hybridized carbons (Fsp3) is 0.222. The first-order chi connectivity index (χ1) is 19.0. The van der Waals surface area contributed by atoms with E-state index in [4.69, 9.17) is 27.9 Å². The zero-order valence-electron chi connectivity index (χ0n) is 21.8. The van der Waals surface area contributed by atoms with E-state index in [0.29, 0.717) is 27.3 Å². The van der Waals surface area contributed by atoms with Gasteiger partial charge in [-0.05, 0) is 57.8 Å². The van der Waals surface area contributed by atoms with Gasteiger partial charge in [-0.3, -0.25) is 9.59 Å². The van der Waals surface area contributed by atoms with E-state index in [2.05, 4.69) is 46.9 Å². The number of anilines is 2. The number of thioether (sulfide) groups is 1. The third-order valence-corrected chi connectivity index (χ3v) is 7.11. The fourth-order valence-corrected chi connectivity index (χ4v) is 4.65. The Morgan fingerprint density at radius 1 is 0.975 bits per heavy atom. The van der Waals surface area contributed by atoms with Crippen LogP contribution in [0, 0.1) is 0 Å². The Labute approximate surface area is 245 Å². The third-order valence-electron chi connectivity index (χ3n) is 5.58. The summed E-state index contributed by atoms with van der Waals surface area (Å²) >= 11 is 14.0. The summed E-state index contributed by atoms with van der Waals surface area (Å²) in [7, 11) is 0. The molecule has 0 aliphatic rings. The molecule has 0 radical (unpaired) electrons. The minimum Gasteiger partial charge on any atom is -0.506 e. The van der Waals surface area contributed by atoms with Crippen molar-refractivity contribution in [3.8, 4) is 17.2 Å². The molecule has 0 atom stereocenters. The molecule has 0 fully saturated rings. The number of nitrogens with one attached hydrogen (secondary N) is 2. The first-order valence-electron chi connectivity index (χ1n) is 12.0. The van der Waals surface area contributed by atoms with E-state index in [9.17, 15) is 14.7 Å². The fourth-order valence-electron chi connectivity index (χ4n) is 3.48. The molecule has 3 aromatic carbocycles. The van der Waals surface area contributed by atoms with Crippen LogP contribution in [0.3, 0.4) is 0 Å². The van der Waals surface area contributed by atoms with Gasteiger partial charge in [-0.2, -0.15) is 4.68 Å². The Morgan fingerprint density at radius 3 is 2.42 bits per heavy atom. The number of ether oxygens (including phenoxy) is 1. The van der Waals surface area contributed by atoms with Gasteiger partial charge < -0.3 is 20.5 Å². The molecule has 13 heteroatoms. The van der Waals surface area contributed by atoms with Crippen molar-refractivity contribution in [3.63, 3.8) is 0 Å². The van der Waals surface area contributed by atoms with Gasteiger partial charge in [0.25, 0.3) is 5.91 Å². The Morgan fingerprint density at radius 2 is 1.73 bits per heavy atom. The highest BCUT2D eigenvalue weighted by atomic mass is 35.5. The quantitative estimate of drug-likeness (QED) is 0.164. The lowest BCUT2D eigenvalue weighted by molar-refractivity contribution is -0.118. The van der Waals surface area contributed by atoms with Crippen LogP contribution in [0.1, 0.15) is 26.3 Å². The van der Waals surface area contributed by atoms with Crippen molar-refractivity contribution < 1.29 is 19.4 Å². The largest absolute Gasteiger partial charge is 0.506 e. The van der Waals surface area contributed by atoms with E-state index in [1.54, 1.807) is 30.3 Å². The monoisotopic (exact) mass is 600 g/mol. The predicted molar refractivity (Wildman–Crippen MR) is 156 cm³/mol. The molecule has 0 aliphatic carbocycles. The Hall–Kier alpha value is -3.80. The summed E-state index contributed by atoms with van der Waals surface area (Å²) in [6.07, 6.45) is 0. The molecule has 208 valence electrons. The van der Waals surface area contributed by atoms with Crippen LogP contribution >= 0.6 is 35.0 Å². The van der Waals surface area contributed by atoms with Gasteiger partial charge in [-0.25, -0.2) is 0 Å². The van der Waals surface area contributed by atoms with Crippen molar-refractivity contribution in [2.75, 3.05) is 23.0 Å². The number of para-hydroxylation sites is 2. The van der Waals surface area contributed by atoms with E-state index in [0.717, 1.165) is 17.3 Å². The van der Waals surface area contributed by atoms with Crippen molar-refractivity contribution in [2.24, 2.45) is 0 Å². The summed E-state index contributed by atoms with van der Waals surface area (Å²) in [5.74, 6) is -0.489. The van der Waals surface area contributed by atoms with Gasteiger partial charge >= 0.3 is 0 Å². The number of hydrogen-bond donors (Lipinski definition) is 3. The summed E-state index contributed by atoms with van der Waals surface area (Å²) in [5.41, 5.74) is 2.27. The average molecular weight is 602 g/mol. The number of phenols is 1. The molecule has 4 rings (SSSR count). The highest BCUT2D eigenvalue weighted by molar-refractivity contribution is 7.99. The number of phenolic OH excluding ortho intramolecular Hbond substituents is 1. The molecule has 40 heavy (non-hydrogen) atoms. The highest BCUT2D eigenvalue weighted by Crippen LogP contribution is 2.31. The van der Waals surface area contributed by atoms with Crippen molar-refractivity contribution in [1.82, 2.24) is 20.2 Å². The standard InChI is InChI=1S/C27H26Cl2N6O4S/c1-27(2,3)16-8-11-22(19(29)12-16)35-26(32-33-34-35)40-15-25(38)30-20-10-9-17(13-18(20)28)39-14-24(37)31-21-6-4-5-7-23(21)36/h4-13,36H,14-15H2,1-3H3,(H,30,38)(H,31,37). The van der Waals surface area contributed by atoms with Crippen LogP contribution in [-0.4, -0.2) is 49.5 Å². The van der Waals surface area contributed by atoms with Crippen LogP contribution < -0.4 is 15.4 Å². The Bertz CT molecular complexity index is 1540. The smallest absolute Gasteiger partial charge is 0.262 e. The molecule has 0 spiro atoms.